The molecule has 0 unspecified atom stereocenters. The molecule has 0 spiro atoms. The molecule has 5 saturated carbocycles. The Morgan fingerprint density at radius 3 is 2.48 bits per heavy atom. The highest BCUT2D eigenvalue weighted by Crippen LogP contribution is 2.60. The van der Waals surface area contributed by atoms with Crippen LogP contribution in [0.15, 0.2) is 41.5 Å². The first kappa shape index (κ1) is 37.8. The molecule has 0 radical (unpaired) electrons. The van der Waals surface area contributed by atoms with Gasteiger partial charge in [0.25, 0.3) is 0 Å². The summed E-state index contributed by atoms with van der Waals surface area (Å²) in [6.45, 7) is 13.5. The van der Waals surface area contributed by atoms with Crippen molar-refractivity contribution in [1.82, 2.24) is 29.5 Å². The first-order chi connectivity index (χ1) is 27.0. The van der Waals surface area contributed by atoms with E-state index in [4.69, 9.17) is 34.7 Å². The van der Waals surface area contributed by atoms with Crippen LogP contribution in [0.3, 0.4) is 0 Å². The van der Waals surface area contributed by atoms with Crippen LogP contribution in [0.2, 0.25) is 25.7 Å². The van der Waals surface area contributed by atoms with Gasteiger partial charge in [0, 0.05) is 45.1 Å². The fraction of sp³-hybridized carbons (Fsp3) is 0.571. The maximum atomic E-state index is 13.4. The van der Waals surface area contributed by atoms with E-state index in [1.807, 2.05) is 25.1 Å². The first-order valence-corrected chi connectivity index (χ1v) is 25.8. The van der Waals surface area contributed by atoms with Gasteiger partial charge in [-0.25, -0.2) is 9.78 Å². The summed E-state index contributed by atoms with van der Waals surface area (Å²) in [5.74, 6) is 3.90. The van der Waals surface area contributed by atoms with Crippen LogP contribution >= 0.6 is 22.7 Å². The molecule has 5 aromatic rings. The molecule has 4 bridgehead atoms. The molecule has 14 heteroatoms. The van der Waals surface area contributed by atoms with Gasteiger partial charge in [0.2, 0.25) is 0 Å². The molecule has 5 aliphatic carbocycles. The summed E-state index contributed by atoms with van der Waals surface area (Å²) in [5, 5.41) is 15.1. The number of aromatic nitrogens is 6. The quantitative estimate of drug-likeness (QED) is 0.0620. The standard InChI is InChI=1S/C42H54N8O3S2Si/c1-7-53-39(51)36-37(32-23-43-50(26(32)2)24-42-20-27-16-28(21-42)18-29(17-27)22-42)55-40(44-36)48(3)35-19-31(30-12-13-30)38(47-46-35)45-41-49(25-52-14-15-56(4,5)6)33-10-8-9-11-34(33)54-41/h8-11,19,23,27-30H,7,12-18,20-22,24-25H2,1-6H3/b45-41-. The van der Waals surface area contributed by atoms with Crippen LogP contribution in [-0.4, -0.2) is 63.8 Å². The summed E-state index contributed by atoms with van der Waals surface area (Å²) < 4.78 is 17.3. The number of anilines is 2. The van der Waals surface area contributed by atoms with Crippen molar-refractivity contribution in [1.29, 1.82) is 0 Å². The van der Waals surface area contributed by atoms with Gasteiger partial charge in [-0.05, 0) is 119 Å². The van der Waals surface area contributed by atoms with E-state index in [1.165, 1.54) is 49.9 Å². The average Bonchev–Trinajstić information content (AvgIpc) is 3.67. The van der Waals surface area contributed by atoms with Gasteiger partial charge >= 0.3 is 5.97 Å². The van der Waals surface area contributed by atoms with Crippen LogP contribution in [0.1, 0.15) is 86.0 Å². The summed E-state index contributed by atoms with van der Waals surface area (Å²) >= 11 is 3.12. The maximum absolute atomic E-state index is 13.4. The van der Waals surface area contributed by atoms with Crippen LogP contribution in [-0.2, 0) is 22.7 Å². The molecule has 1 aromatic carbocycles. The Morgan fingerprint density at radius 2 is 1.79 bits per heavy atom. The molecule has 0 aliphatic heterocycles. The zero-order chi connectivity index (χ0) is 38.8. The third kappa shape index (κ3) is 7.54. The minimum atomic E-state index is -1.21. The number of ether oxygens (including phenoxy) is 2. The third-order valence-electron chi connectivity index (χ3n) is 12.5. The van der Waals surface area contributed by atoms with Crippen molar-refractivity contribution in [2.24, 2.45) is 28.2 Å². The summed E-state index contributed by atoms with van der Waals surface area (Å²) in [7, 11) is 0.730. The SMILES string of the molecule is CCOC(=O)c1nc(N(C)c2cc(C3CC3)c(/N=c3\sc4ccccc4n3COCC[Si](C)(C)C)nn2)sc1-c1cnn(CC23CC4CC(CC(C4)C2)C3)c1C. The topological polar surface area (TPSA) is 113 Å². The average molecular weight is 811 g/mol. The lowest BCUT2D eigenvalue weighted by molar-refractivity contribution is -0.0638. The Hall–Kier alpha value is -3.72. The normalized spacial score (nSPS) is 23.4. The molecule has 4 aromatic heterocycles. The van der Waals surface area contributed by atoms with Gasteiger partial charge in [0.1, 0.15) is 6.73 Å². The van der Waals surface area contributed by atoms with Crippen molar-refractivity contribution in [3.8, 4) is 10.4 Å². The number of rotatable bonds is 14. The number of benzene rings is 1. The van der Waals surface area contributed by atoms with Crippen molar-refractivity contribution >= 4 is 63.7 Å². The molecule has 0 N–H and O–H groups in total. The van der Waals surface area contributed by atoms with Gasteiger partial charge in [0.15, 0.2) is 27.3 Å². The molecule has 0 saturated heterocycles. The Morgan fingerprint density at radius 1 is 1.05 bits per heavy atom. The second-order valence-corrected chi connectivity index (χ2v) is 25.8. The van der Waals surface area contributed by atoms with Gasteiger partial charge < -0.3 is 14.4 Å². The molecule has 56 heavy (non-hydrogen) atoms. The predicted molar refractivity (Wildman–Crippen MR) is 226 cm³/mol. The van der Waals surface area contributed by atoms with Crippen LogP contribution in [0.4, 0.5) is 16.8 Å². The van der Waals surface area contributed by atoms with Gasteiger partial charge in [-0.1, -0.05) is 54.4 Å². The fourth-order valence-corrected chi connectivity index (χ4v) is 12.8. The van der Waals surface area contributed by atoms with Crippen LogP contribution in [0, 0.1) is 30.1 Å². The molecule has 5 aliphatic rings. The zero-order valence-electron chi connectivity index (χ0n) is 33.6. The van der Waals surface area contributed by atoms with Crippen molar-refractivity contribution in [2.75, 3.05) is 25.2 Å². The molecule has 0 atom stereocenters. The van der Waals surface area contributed by atoms with E-state index >= 15 is 0 Å². The Kier molecular flexibility index (Phi) is 10.1. The van der Waals surface area contributed by atoms with E-state index in [1.54, 1.807) is 11.3 Å². The van der Waals surface area contributed by atoms with Crippen LogP contribution < -0.4 is 9.70 Å². The summed E-state index contributed by atoms with van der Waals surface area (Å²) in [6.07, 6.45) is 12.3. The van der Waals surface area contributed by atoms with Crippen molar-refractivity contribution in [3.63, 3.8) is 0 Å². The highest BCUT2D eigenvalue weighted by Gasteiger charge is 2.51. The summed E-state index contributed by atoms with van der Waals surface area (Å²) in [4.78, 5) is 27.1. The Balaban J connectivity index is 1.02. The van der Waals surface area contributed by atoms with Gasteiger partial charge in [0.05, 0.1) is 27.9 Å². The lowest BCUT2D eigenvalue weighted by atomic mass is 9.49. The number of carbonyl (C=O) groups is 1. The first-order valence-electron chi connectivity index (χ1n) is 20.5. The minimum absolute atomic E-state index is 0.275. The number of hydrogen-bond donors (Lipinski definition) is 0. The lowest BCUT2D eigenvalue weighted by Crippen LogP contribution is -2.48. The second kappa shape index (κ2) is 14.9. The molecular formula is C42H54N8O3S2Si. The number of nitrogens with zero attached hydrogens (tertiary/aromatic N) is 8. The van der Waals surface area contributed by atoms with E-state index in [2.05, 4.69) is 66.1 Å². The highest BCUT2D eigenvalue weighted by atomic mass is 32.1. The highest BCUT2D eigenvalue weighted by molar-refractivity contribution is 7.19. The molecule has 4 heterocycles. The molecule has 5 fully saturated rings. The number of carbonyl (C=O) groups excluding carboxylic acids is 1. The van der Waals surface area contributed by atoms with Crippen LogP contribution in [0.25, 0.3) is 20.7 Å². The maximum Gasteiger partial charge on any atom is 0.358 e. The molecular weight excluding hydrogens is 757 g/mol. The monoisotopic (exact) mass is 810 g/mol. The Bertz CT molecular complexity index is 2300. The number of thiazole rings is 2. The van der Waals surface area contributed by atoms with Crippen molar-refractivity contribution in [2.45, 2.75) is 110 Å². The summed E-state index contributed by atoms with van der Waals surface area (Å²) in [6, 6.07) is 11.6. The fourth-order valence-electron chi connectivity index (χ4n) is 9.89. The van der Waals surface area contributed by atoms with E-state index in [-0.39, 0.29) is 6.61 Å². The predicted octanol–water partition coefficient (Wildman–Crippen LogP) is 9.70. The number of hydrogen-bond acceptors (Lipinski definition) is 11. The number of para-hydroxylation sites is 1. The third-order valence-corrected chi connectivity index (χ3v) is 16.5. The minimum Gasteiger partial charge on any atom is -0.461 e. The lowest BCUT2D eigenvalue weighted by Gasteiger charge is -2.56. The molecule has 0 amide bonds. The van der Waals surface area contributed by atoms with Crippen molar-refractivity contribution in [3.05, 3.63) is 58.3 Å². The van der Waals surface area contributed by atoms with E-state index in [9.17, 15) is 4.79 Å². The molecule has 11 nitrogen and oxygen atoms in total. The smallest absolute Gasteiger partial charge is 0.358 e. The van der Waals surface area contributed by atoms with Gasteiger partial charge in [-0.2, -0.15) is 10.1 Å². The number of fused-ring (bicyclic) bond motifs is 1. The largest absolute Gasteiger partial charge is 0.461 e. The van der Waals surface area contributed by atoms with Gasteiger partial charge in [-0.15, -0.1) is 10.2 Å². The molecule has 10 rings (SSSR count). The number of esters is 1. The second-order valence-electron chi connectivity index (χ2n) is 18.2. The van der Waals surface area contributed by atoms with E-state index < -0.39 is 14.0 Å². The van der Waals surface area contributed by atoms with Gasteiger partial charge in [-0.3, -0.25) is 9.25 Å². The zero-order valence-corrected chi connectivity index (χ0v) is 36.2. The Labute approximate surface area is 338 Å². The molecule has 296 valence electrons. The van der Waals surface area contributed by atoms with E-state index in [0.717, 1.165) is 86.5 Å². The van der Waals surface area contributed by atoms with Crippen LogP contribution in [0.5, 0.6) is 0 Å². The van der Waals surface area contributed by atoms with Crippen molar-refractivity contribution < 1.29 is 14.3 Å². The van der Waals surface area contributed by atoms with E-state index in [0.29, 0.717) is 40.5 Å². The summed E-state index contributed by atoms with van der Waals surface area (Å²) in [5.41, 5.74) is 4.86.